The molecule has 1 atom stereocenters. The Morgan fingerprint density at radius 3 is 2.38 bits per heavy atom. The zero-order valence-electron chi connectivity index (χ0n) is 12.3. The van der Waals surface area contributed by atoms with E-state index in [-0.39, 0.29) is 23.6 Å². The SMILES string of the molecule is NC(=O)C1CCCN(C(=O)C2(C(N)=NO)CCCCC2)C1. The van der Waals surface area contributed by atoms with Crippen LogP contribution in [0, 0.1) is 11.3 Å². The molecule has 7 heteroatoms. The maximum atomic E-state index is 12.9. The molecule has 0 aromatic carbocycles. The lowest BCUT2D eigenvalue weighted by Crippen LogP contribution is -2.55. The van der Waals surface area contributed by atoms with Gasteiger partial charge in [0.2, 0.25) is 11.8 Å². The number of rotatable bonds is 3. The van der Waals surface area contributed by atoms with Crippen molar-refractivity contribution < 1.29 is 14.8 Å². The molecule has 1 unspecified atom stereocenters. The summed E-state index contributed by atoms with van der Waals surface area (Å²) in [5.74, 6) is -0.790. The van der Waals surface area contributed by atoms with E-state index < -0.39 is 5.41 Å². The maximum Gasteiger partial charge on any atom is 0.236 e. The summed E-state index contributed by atoms with van der Waals surface area (Å²) in [6.45, 7) is 0.942. The number of amides is 2. The van der Waals surface area contributed by atoms with Crippen LogP contribution in [-0.2, 0) is 9.59 Å². The standard InChI is InChI=1S/C14H24N4O3/c15-11(19)10-5-4-8-18(9-10)13(20)14(12(16)17-21)6-2-1-3-7-14/h10,21H,1-9H2,(H2,15,19)(H2,16,17). The highest BCUT2D eigenvalue weighted by Crippen LogP contribution is 2.39. The topological polar surface area (TPSA) is 122 Å². The molecule has 1 saturated carbocycles. The molecular weight excluding hydrogens is 272 g/mol. The fourth-order valence-electron chi connectivity index (χ4n) is 3.53. The van der Waals surface area contributed by atoms with Crippen molar-refractivity contribution in [2.24, 2.45) is 28.0 Å². The third-order valence-electron chi connectivity index (χ3n) is 4.83. The van der Waals surface area contributed by atoms with Crippen molar-refractivity contribution in [1.29, 1.82) is 0 Å². The Labute approximate surface area is 124 Å². The number of nitrogens with two attached hydrogens (primary N) is 2. The van der Waals surface area contributed by atoms with Crippen molar-refractivity contribution in [1.82, 2.24) is 4.90 Å². The van der Waals surface area contributed by atoms with Crippen LogP contribution in [0.3, 0.4) is 0 Å². The van der Waals surface area contributed by atoms with Gasteiger partial charge in [0.25, 0.3) is 0 Å². The van der Waals surface area contributed by atoms with Crippen LogP contribution in [0.2, 0.25) is 0 Å². The summed E-state index contributed by atoms with van der Waals surface area (Å²) >= 11 is 0. The summed E-state index contributed by atoms with van der Waals surface area (Å²) in [6, 6.07) is 0. The van der Waals surface area contributed by atoms with Crippen molar-refractivity contribution in [3.8, 4) is 0 Å². The summed E-state index contributed by atoms with van der Waals surface area (Å²) in [7, 11) is 0. The summed E-state index contributed by atoms with van der Waals surface area (Å²) in [4.78, 5) is 26.0. The second-order valence-corrected chi connectivity index (χ2v) is 6.12. The molecule has 0 radical (unpaired) electrons. The summed E-state index contributed by atoms with van der Waals surface area (Å²) in [5.41, 5.74) is 10.3. The largest absolute Gasteiger partial charge is 0.409 e. The molecule has 0 bridgehead atoms. The lowest BCUT2D eigenvalue weighted by atomic mass is 9.71. The van der Waals surface area contributed by atoms with E-state index in [4.69, 9.17) is 16.7 Å². The molecule has 1 aliphatic carbocycles. The number of primary amides is 1. The molecule has 0 spiro atoms. The van der Waals surface area contributed by atoms with Gasteiger partial charge in [-0.15, -0.1) is 0 Å². The number of oxime groups is 1. The molecule has 5 N–H and O–H groups in total. The van der Waals surface area contributed by atoms with E-state index in [9.17, 15) is 9.59 Å². The molecule has 2 amide bonds. The van der Waals surface area contributed by atoms with Gasteiger partial charge in [0.05, 0.1) is 5.92 Å². The van der Waals surface area contributed by atoms with Crippen LogP contribution in [0.25, 0.3) is 0 Å². The van der Waals surface area contributed by atoms with Gasteiger partial charge >= 0.3 is 0 Å². The number of hydrogen-bond acceptors (Lipinski definition) is 4. The molecule has 1 saturated heterocycles. The molecule has 0 aromatic heterocycles. The van der Waals surface area contributed by atoms with Gasteiger partial charge < -0.3 is 21.6 Å². The third kappa shape index (κ3) is 2.96. The molecule has 0 aromatic rings. The van der Waals surface area contributed by atoms with E-state index in [0.717, 1.165) is 32.1 Å². The number of hydrogen-bond donors (Lipinski definition) is 3. The minimum atomic E-state index is -0.910. The number of likely N-dealkylation sites (tertiary alicyclic amines) is 1. The lowest BCUT2D eigenvalue weighted by Gasteiger charge is -2.41. The van der Waals surface area contributed by atoms with Crippen LogP contribution in [0.4, 0.5) is 0 Å². The van der Waals surface area contributed by atoms with Crippen LogP contribution in [0.15, 0.2) is 5.16 Å². The lowest BCUT2D eigenvalue weighted by molar-refractivity contribution is -0.142. The van der Waals surface area contributed by atoms with E-state index in [1.165, 1.54) is 0 Å². The number of carbonyl (C=O) groups excluding carboxylic acids is 2. The van der Waals surface area contributed by atoms with Gasteiger partial charge in [0, 0.05) is 13.1 Å². The second-order valence-electron chi connectivity index (χ2n) is 6.12. The zero-order valence-corrected chi connectivity index (χ0v) is 12.3. The van der Waals surface area contributed by atoms with E-state index in [1.807, 2.05) is 0 Å². The van der Waals surface area contributed by atoms with E-state index in [2.05, 4.69) is 5.16 Å². The predicted molar refractivity (Wildman–Crippen MR) is 77.4 cm³/mol. The highest BCUT2D eigenvalue weighted by atomic mass is 16.4. The summed E-state index contributed by atoms with van der Waals surface area (Å²) < 4.78 is 0. The molecule has 7 nitrogen and oxygen atoms in total. The molecular formula is C14H24N4O3. The molecule has 1 heterocycles. The highest BCUT2D eigenvalue weighted by Gasteiger charge is 2.47. The van der Waals surface area contributed by atoms with Gasteiger partial charge in [-0.1, -0.05) is 24.4 Å². The van der Waals surface area contributed by atoms with Crippen LogP contribution in [0.5, 0.6) is 0 Å². The van der Waals surface area contributed by atoms with Crippen LogP contribution < -0.4 is 11.5 Å². The number of carbonyl (C=O) groups is 2. The fourth-order valence-corrected chi connectivity index (χ4v) is 3.53. The van der Waals surface area contributed by atoms with Gasteiger partial charge in [0.1, 0.15) is 5.41 Å². The molecule has 2 rings (SSSR count). The summed E-state index contributed by atoms with van der Waals surface area (Å²) in [6.07, 6.45) is 5.49. The average Bonchev–Trinajstić information content (AvgIpc) is 2.54. The Morgan fingerprint density at radius 1 is 1.14 bits per heavy atom. The van der Waals surface area contributed by atoms with Crippen molar-refractivity contribution >= 4 is 17.6 Å². The van der Waals surface area contributed by atoms with Gasteiger partial charge in [0.15, 0.2) is 5.84 Å². The van der Waals surface area contributed by atoms with E-state index in [0.29, 0.717) is 25.9 Å². The first-order valence-electron chi connectivity index (χ1n) is 7.58. The Kier molecular flexibility index (Phi) is 4.69. The monoisotopic (exact) mass is 296 g/mol. The van der Waals surface area contributed by atoms with Gasteiger partial charge in [-0.05, 0) is 25.7 Å². The third-order valence-corrected chi connectivity index (χ3v) is 4.83. The normalized spacial score (nSPS) is 26.4. The number of nitrogens with zero attached hydrogens (tertiary/aromatic N) is 2. The predicted octanol–water partition coefficient (Wildman–Crippen LogP) is 0.407. The van der Waals surface area contributed by atoms with Gasteiger partial charge in [-0.25, -0.2) is 0 Å². The Balaban J connectivity index is 2.20. The van der Waals surface area contributed by atoms with Crippen LogP contribution in [-0.4, -0.2) is 40.8 Å². The van der Waals surface area contributed by atoms with Crippen molar-refractivity contribution in [2.45, 2.75) is 44.9 Å². The summed E-state index contributed by atoms with van der Waals surface area (Å²) in [5, 5.41) is 12.2. The Hall–Kier alpha value is -1.79. The Bertz CT molecular complexity index is 444. The number of piperidine rings is 1. The highest BCUT2D eigenvalue weighted by molar-refractivity contribution is 6.07. The average molecular weight is 296 g/mol. The molecule has 2 fully saturated rings. The molecule has 118 valence electrons. The molecule has 1 aliphatic heterocycles. The van der Waals surface area contributed by atoms with Crippen molar-refractivity contribution in [2.75, 3.05) is 13.1 Å². The smallest absolute Gasteiger partial charge is 0.236 e. The van der Waals surface area contributed by atoms with Gasteiger partial charge in [-0.3, -0.25) is 9.59 Å². The zero-order chi connectivity index (χ0) is 15.5. The first-order valence-corrected chi connectivity index (χ1v) is 7.58. The fraction of sp³-hybridized carbons (Fsp3) is 0.786. The Morgan fingerprint density at radius 2 is 1.81 bits per heavy atom. The second kappa shape index (κ2) is 6.32. The minimum Gasteiger partial charge on any atom is -0.409 e. The molecule has 21 heavy (non-hydrogen) atoms. The van der Waals surface area contributed by atoms with Crippen molar-refractivity contribution in [3.05, 3.63) is 0 Å². The maximum absolute atomic E-state index is 12.9. The molecule has 2 aliphatic rings. The van der Waals surface area contributed by atoms with Crippen molar-refractivity contribution in [3.63, 3.8) is 0 Å². The quantitative estimate of drug-likeness (QED) is 0.302. The van der Waals surface area contributed by atoms with E-state index in [1.54, 1.807) is 4.90 Å². The first-order chi connectivity index (χ1) is 10.0. The first kappa shape index (κ1) is 15.6. The van der Waals surface area contributed by atoms with Crippen LogP contribution in [0.1, 0.15) is 44.9 Å². The van der Waals surface area contributed by atoms with Crippen LogP contribution >= 0.6 is 0 Å². The van der Waals surface area contributed by atoms with Gasteiger partial charge in [-0.2, -0.15) is 0 Å². The van der Waals surface area contributed by atoms with E-state index >= 15 is 0 Å². The minimum absolute atomic E-state index is 0.00611. The number of amidine groups is 1.